The summed E-state index contributed by atoms with van der Waals surface area (Å²) in [6, 6.07) is 0.835. The van der Waals surface area contributed by atoms with Gasteiger partial charge in [0, 0.05) is 6.04 Å². The second kappa shape index (κ2) is 12.4. The van der Waals surface area contributed by atoms with Gasteiger partial charge >= 0.3 is 0 Å². The van der Waals surface area contributed by atoms with E-state index in [0.29, 0.717) is 0 Å². The molecule has 0 aromatic rings. The largest absolute Gasteiger partial charge is 0.314 e. The van der Waals surface area contributed by atoms with E-state index in [2.05, 4.69) is 5.32 Å². The summed E-state index contributed by atoms with van der Waals surface area (Å²) >= 11 is 0. The van der Waals surface area contributed by atoms with E-state index in [-0.39, 0.29) is 0 Å². The van der Waals surface area contributed by atoms with Crippen LogP contribution in [0.4, 0.5) is 0 Å². The zero-order chi connectivity index (χ0) is 15.3. The Morgan fingerprint density at radius 1 is 0.455 bits per heavy atom. The zero-order valence-corrected chi connectivity index (χ0v) is 15.1. The van der Waals surface area contributed by atoms with E-state index in [1.807, 2.05) is 0 Å². The Labute approximate surface area is 140 Å². The van der Waals surface area contributed by atoms with Crippen molar-refractivity contribution in [2.75, 3.05) is 6.54 Å². The van der Waals surface area contributed by atoms with Crippen LogP contribution < -0.4 is 5.32 Å². The van der Waals surface area contributed by atoms with Gasteiger partial charge in [-0.3, -0.25) is 0 Å². The maximum Gasteiger partial charge on any atom is 0.00671 e. The summed E-state index contributed by atoms with van der Waals surface area (Å²) in [7, 11) is 0. The average Bonchev–Trinajstić information content (AvgIpc) is 2.48. The molecule has 0 heterocycles. The van der Waals surface area contributed by atoms with Crippen LogP contribution in [-0.2, 0) is 0 Å². The van der Waals surface area contributed by atoms with Crippen molar-refractivity contribution >= 4 is 0 Å². The fourth-order valence-electron chi connectivity index (χ4n) is 4.45. The van der Waals surface area contributed by atoms with Gasteiger partial charge in [0.1, 0.15) is 0 Å². The van der Waals surface area contributed by atoms with Crippen molar-refractivity contribution in [3.05, 3.63) is 0 Å². The third kappa shape index (κ3) is 8.56. The molecule has 0 bridgehead atoms. The first-order valence-corrected chi connectivity index (χ1v) is 10.7. The molecule has 2 aliphatic rings. The molecular formula is C21H41N. The number of hydrogen-bond donors (Lipinski definition) is 1. The molecule has 0 radical (unpaired) electrons. The number of hydrogen-bond acceptors (Lipinski definition) is 1. The van der Waals surface area contributed by atoms with Crippen LogP contribution in [0.15, 0.2) is 0 Å². The van der Waals surface area contributed by atoms with Gasteiger partial charge in [-0.25, -0.2) is 0 Å². The first-order chi connectivity index (χ1) is 10.9. The third-order valence-corrected chi connectivity index (χ3v) is 6.03. The Kier molecular flexibility index (Phi) is 10.3. The molecule has 1 heteroatoms. The summed E-state index contributed by atoms with van der Waals surface area (Å²) in [4.78, 5) is 0. The molecule has 1 N–H and O–H groups in total. The van der Waals surface area contributed by atoms with Crippen LogP contribution in [-0.4, -0.2) is 12.6 Å². The second-order valence-corrected chi connectivity index (χ2v) is 8.08. The molecule has 0 amide bonds. The molecule has 0 saturated heterocycles. The maximum absolute atomic E-state index is 3.97. The molecule has 1 nitrogen and oxygen atoms in total. The van der Waals surface area contributed by atoms with Gasteiger partial charge in [0.25, 0.3) is 0 Å². The van der Waals surface area contributed by atoms with E-state index in [4.69, 9.17) is 0 Å². The van der Waals surface area contributed by atoms with E-state index < -0.39 is 0 Å². The van der Waals surface area contributed by atoms with E-state index >= 15 is 0 Å². The van der Waals surface area contributed by atoms with Crippen LogP contribution in [0.2, 0.25) is 0 Å². The van der Waals surface area contributed by atoms with Gasteiger partial charge < -0.3 is 5.32 Å². The summed E-state index contributed by atoms with van der Waals surface area (Å²) in [5, 5.41) is 3.97. The molecular weight excluding hydrogens is 266 g/mol. The van der Waals surface area contributed by atoms with Gasteiger partial charge in [0.05, 0.1) is 0 Å². The van der Waals surface area contributed by atoms with E-state index in [0.717, 1.165) is 12.0 Å². The van der Waals surface area contributed by atoms with E-state index in [1.54, 1.807) is 0 Å². The van der Waals surface area contributed by atoms with Crippen LogP contribution in [0.3, 0.4) is 0 Å². The molecule has 2 rings (SSSR count). The normalized spacial score (nSPS) is 25.6. The summed E-state index contributed by atoms with van der Waals surface area (Å²) in [5.74, 6) is 0.963. The van der Waals surface area contributed by atoms with Gasteiger partial charge in [0.2, 0.25) is 0 Å². The minimum atomic E-state index is 0.835. The maximum atomic E-state index is 3.97. The summed E-state index contributed by atoms with van der Waals surface area (Å²) < 4.78 is 0. The lowest BCUT2D eigenvalue weighted by atomic mass is 9.91. The Bertz CT molecular complexity index is 230. The van der Waals surface area contributed by atoms with Crippen LogP contribution in [0.5, 0.6) is 0 Å². The summed E-state index contributed by atoms with van der Waals surface area (Å²) in [5.41, 5.74) is 0. The molecule has 22 heavy (non-hydrogen) atoms. The Morgan fingerprint density at radius 2 is 0.818 bits per heavy atom. The SMILES string of the molecule is C1CCCCCC(CNC2CCCCCCC2)CCCCC1. The highest BCUT2D eigenvalue weighted by Gasteiger charge is 2.14. The van der Waals surface area contributed by atoms with Crippen molar-refractivity contribution in [2.24, 2.45) is 5.92 Å². The van der Waals surface area contributed by atoms with Crippen molar-refractivity contribution in [1.29, 1.82) is 0 Å². The molecule has 2 fully saturated rings. The fourth-order valence-corrected chi connectivity index (χ4v) is 4.45. The molecule has 0 aliphatic heterocycles. The zero-order valence-electron chi connectivity index (χ0n) is 15.1. The lowest BCUT2D eigenvalue weighted by Gasteiger charge is -2.25. The minimum Gasteiger partial charge on any atom is -0.314 e. The van der Waals surface area contributed by atoms with Gasteiger partial charge in [-0.05, 0) is 38.1 Å². The van der Waals surface area contributed by atoms with Gasteiger partial charge in [-0.15, -0.1) is 0 Å². The van der Waals surface area contributed by atoms with E-state index in [9.17, 15) is 0 Å². The molecule has 130 valence electrons. The lowest BCUT2D eigenvalue weighted by molar-refractivity contribution is 0.327. The standard InChI is InChI=1S/C21H41N/c1-2-4-7-11-15-20(16-12-8-5-3-1)19-22-21-17-13-9-6-10-14-18-21/h20-22H,1-19H2. The first kappa shape index (κ1) is 18.3. The average molecular weight is 308 g/mol. The predicted octanol–water partition coefficient (Wildman–Crippen LogP) is 6.61. The first-order valence-electron chi connectivity index (χ1n) is 10.7. The number of nitrogens with one attached hydrogen (secondary N) is 1. The van der Waals surface area contributed by atoms with Crippen molar-refractivity contribution in [3.8, 4) is 0 Å². The van der Waals surface area contributed by atoms with Crippen molar-refractivity contribution in [2.45, 2.75) is 122 Å². The highest BCUT2D eigenvalue weighted by molar-refractivity contribution is 4.73. The Balaban J connectivity index is 1.67. The second-order valence-electron chi connectivity index (χ2n) is 8.08. The molecule has 2 saturated carbocycles. The predicted molar refractivity (Wildman–Crippen MR) is 98.4 cm³/mol. The quantitative estimate of drug-likeness (QED) is 0.618. The van der Waals surface area contributed by atoms with Gasteiger partial charge in [-0.1, -0.05) is 89.9 Å². The van der Waals surface area contributed by atoms with Crippen molar-refractivity contribution in [1.82, 2.24) is 5.32 Å². The number of rotatable bonds is 3. The molecule has 0 unspecified atom stereocenters. The fraction of sp³-hybridized carbons (Fsp3) is 1.00. The molecule has 0 aromatic heterocycles. The topological polar surface area (TPSA) is 12.0 Å². The molecule has 0 spiro atoms. The highest BCUT2D eigenvalue weighted by Crippen LogP contribution is 2.22. The van der Waals surface area contributed by atoms with Crippen molar-refractivity contribution < 1.29 is 0 Å². The lowest BCUT2D eigenvalue weighted by Crippen LogP contribution is -2.34. The summed E-state index contributed by atoms with van der Waals surface area (Å²) in [6.07, 6.45) is 26.6. The van der Waals surface area contributed by atoms with Gasteiger partial charge in [-0.2, -0.15) is 0 Å². The molecule has 0 aromatic carbocycles. The minimum absolute atomic E-state index is 0.835. The monoisotopic (exact) mass is 307 g/mol. The Hall–Kier alpha value is -0.0400. The molecule has 0 atom stereocenters. The van der Waals surface area contributed by atoms with Crippen LogP contribution in [0.1, 0.15) is 116 Å². The van der Waals surface area contributed by atoms with Crippen LogP contribution in [0.25, 0.3) is 0 Å². The third-order valence-electron chi connectivity index (χ3n) is 6.03. The van der Waals surface area contributed by atoms with Crippen LogP contribution >= 0.6 is 0 Å². The Morgan fingerprint density at radius 3 is 1.27 bits per heavy atom. The van der Waals surface area contributed by atoms with Crippen molar-refractivity contribution in [3.63, 3.8) is 0 Å². The van der Waals surface area contributed by atoms with Gasteiger partial charge in [0.15, 0.2) is 0 Å². The highest BCUT2D eigenvalue weighted by atomic mass is 14.9. The van der Waals surface area contributed by atoms with E-state index in [1.165, 1.54) is 122 Å². The van der Waals surface area contributed by atoms with Crippen LogP contribution in [0, 0.1) is 5.92 Å². The smallest absolute Gasteiger partial charge is 0.00671 e. The summed E-state index contributed by atoms with van der Waals surface area (Å²) in [6.45, 7) is 1.31. The molecule has 2 aliphatic carbocycles.